The van der Waals surface area contributed by atoms with E-state index in [0.717, 1.165) is 6.07 Å². The third-order valence-corrected chi connectivity index (χ3v) is 3.13. The molecule has 1 unspecified atom stereocenters. The summed E-state index contributed by atoms with van der Waals surface area (Å²) in [5.74, 6) is -2.51. The molecule has 1 aromatic carbocycles. The fraction of sp³-hybridized carbons (Fsp3) is 0.308. The molecule has 2 rings (SSSR count). The zero-order valence-corrected chi connectivity index (χ0v) is 10.1. The molecule has 19 heavy (non-hydrogen) atoms. The Morgan fingerprint density at radius 3 is 2.68 bits per heavy atom. The number of halogens is 1. The molecule has 1 atom stereocenters. The van der Waals surface area contributed by atoms with E-state index in [0.29, 0.717) is 12.8 Å². The minimum absolute atomic E-state index is 0.0366. The van der Waals surface area contributed by atoms with Gasteiger partial charge in [0.15, 0.2) is 0 Å². The number of nitrogens with one attached hydrogen (secondary N) is 1. The summed E-state index contributed by atoms with van der Waals surface area (Å²) < 4.78 is 13.5. The molecular weight excluding hydrogens is 251 g/mol. The Labute approximate surface area is 109 Å². The summed E-state index contributed by atoms with van der Waals surface area (Å²) in [6, 6.07) is 3.86. The van der Waals surface area contributed by atoms with Gasteiger partial charge in [-0.15, -0.1) is 0 Å². The summed E-state index contributed by atoms with van der Waals surface area (Å²) >= 11 is 0. The number of carbonyl (C=O) groups is 3. The minimum atomic E-state index is -0.948. The quantitative estimate of drug-likeness (QED) is 0.860. The summed E-state index contributed by atoms with van der Waals surface area (Å²) in [5, 5.41) is 2.46. The Balaban J connectivity index is 2.19. The molecule has 0 heterocycles. The monoisotopic (exact) mass is 264 g/mol. The lowest BCUT2D eigenvalue weighted by Gasteiger charge is -2.12. The maximum atomic E-state index is 13.5. The molecule has 100 valence electrons. The number of benzene rings is 1. The Morgan fingerprint density at radius 2 is 2.11 bits per heavy atom. The van der Waals surface area contributed by atoms with E-state index < -0.39 is 17.6 Å². The number of rotatable bonds is 3. The van der Waals surface area contributed by atoms with Crippen molar-refractivity contribution in [2.24, 2.45) is 11.7 Å². The zero-order chi connectivity index (χ0) is 14.0. The highest BCUT2D eigenvalue weighted by molar-refractivity contribution is 6.04. The highest BCUT2D eigenvalue weighted by atomic mass is 19.1. The summed E-state index contributed by atoms with van der Waals surface area (Å²) in [7, 11) is 0. The van der Waals surface area contributed by atoms with Crippen LogP contribution in [-0.2, 0) is 9.59 Å². The van der Waals surface area contributed by atoms with Crippen LogP contribution in [0.5, 0.6) is 0 Å². The van der Waals surface area contributed by atoms with Crippen LogP contribution < -0.4 is 11.1 Å². The number of amides is 2. The zero-order valence-electron chi connectivity index (χ0n) is 10.1. The summed E-state index contributed by atoms with van der Waals surface area (Å²) in [6.07, 6.45) is 1.04. The topological polar surface area (TPSA) is 89.3 Å². The van der Waals surface area contributed by atoms with E-state index in [1.165, 1.54) is 12.1 Å². The van der Waals surface area contributed by atoms with Gasteiger partial charge >= 0.3 is 0 Å². The van der Waals surface area contributed by atoms with E-state index in [9.17, 15) is 18.8 Å². The Hall–Kier alpha value is -2.24. The van der Waals surface area contributed by atoms with E-state index in [1.807, 2.05) is 0 Å². The molecule has 1 aliphatic carbocycles. The molecule has 0 bridgehead atoms. The third-order valence-electron chi connectivity index (χ3n) is 3.13. The maximum Gasteiger partial charge on any atom is 0.253 e. The number of ketones is 1. The van der Waals surface area contributed by atoms with E-state index in [-0.39, 0.29) is 29.4 Å². The summed E-state index contributed by atoms with van der Waals surface area (Å²) in [4.78, 5) is 34.2. The first-order valence-corrected chi connectivity index (χ1v) is 5.90. The molecule has 6 heteroatoms. The number of anilines is 1. The first-order chi connectivity index (χ1) is 8.99. The van der Waals surface area contributed by atoms with Crippen LogP contribution in [0.1, 0.15) is 29.6 Å². The van der Waals surface area contributed by atoms with Crippen molar-refractivity contribution in [1.82, 2.24) is 0 Å². The maximum absolute atomic E-state index is 13.5. The van der Waals surface area contributed by atoms with Gasteiger partial charge in [-0.3, -0.25) is 14.4 Å². The molecular formula is C13H13FN2O3. The molecule has 1 saturated carbocycles. The van der Waals surface area contributed by atoms with Crippen molar-refractivity contribution in [3.8, 4) is 0 Å². The van der Waals surface area contributed by atoms with E-state index in [4.69, 9.17) is 5.73 Å². The number of Topliss-reactive ketones (excluding diaryl/α,β-unsaturated/α-hetero) is 1. The second kappa shape index (κ2) is 5.17. The smallest absolute Gasteiger partial charge is 0.253 e. The van der Waals surface area contributed by atoms with Crippen LogP contribution in [0.15, 0.2) is 18.2 Å². The highest BCUT2D eigenvalue weighted by Gasteiger charge is 2.29. The third kappa shape index (κ3) is 2.78. The largest absolute Gasteiger partial charge is 0.365 e. The minimum Gasteiger partial charge on any atom is -0.365 e. The van der Waals surface area contributed by atoms with Crippen molar-refractivity contribution in [2.45, 2.75) is 19.3 Å². The Kier molecular flexibility index (Phi) is 3.59. The van der Waals surface area contributed by atoms with Crippen molar-refractivity contribution >= 4 is 23.3 Å². The van der Waals surface area contributed by atoms with E-state index in [1.54, 1.807) is 0 Å². The predicted octanol–water partition coefficient (Wildman–Crippen LogP) is 1.23. The standard InChI is InChI=1S/C13H13FN2O3/c14-9-2-1-3-10(11(9)12(15)18)16-13(19)7-4-5-8(17)6-7/h1-3,7H,4-6H2,(H2,15,18)(H,16,19). The van der Waals surface area contributed by atoms with Crippen LogP contribution in [0.3, 0.4) is 0 Å². The van der Waals surface area contributed by atoms with Gasteiger partial charge in [-0.05, 0) is 18.6 Å². The number of hydrogen-bond donors (Lipinski definition) is 2. The lowest BCUT2D eigenvalue weighted by Crippen LogP contribution is -2.24. The highest BCUT2D eigenvalue weighted by Crippen LogP contribution is 2.25. The Bertz CT molecular complexity index is 557. The number of carbonyl (C=O) groups excluding carboxylic acids is 3. The normalized spacial score (nSPS) is 18.4. The van der Waals surface area contributed by atoms with Crippen molar-refractivity contribution < 1.29 is 18.8 Å². The molecule has 1 aromatic rings. The molecule has 0 aromatic heterocycles. The van der Waals surface area contributed by atoms with Crippen molar-refractivity contribution in [3.63, 3.8) is 0 Å². The molecule has 1 aliphatic rings. The van der Waals surface area contributed by atoms with Gasteiger partial charge in [-0.25, -0.2) is 4.39 Å². The van der Waals surface area contributed by atoms with Gasteiger partial charge < -0.3 is 11.1 Å². The van der Waals surface area contributed by atoms with Gasteiger partial charge in [0.2, 0.25) is 5.91 Å². The van der Waals surface area contributed by atoms with Crippen molar-refractivity contribution in [1.29, 1.82) is 0 Å². The fourth-order valence-corrected chi connectivity index (χ4v) is 2.15. The van der Waals surface area contributed by atoms with Gasteiger partial charge in [0.1, 0.15) is 11.6 Å². The van der Waals surface area contributed by atoms with Crippen LogP contribution in [0.2, 0.25) is 0 Å². The lowest BCUT2D eigenvalue weighted by molar-refractivity contribution is -0.122. The average molecular weight is 264 g/mol. The number of hydrogen-bond acceptors (Lipinski definition) is 3. The van der Waals surface area contributed by atoms with Crippen LogP contribution in [0.4, 0.5) is 10.1 Å². The predicted molar refractivity (Wildman–Crippen MR) is 65.9 cm³/mol. The van der Waals surface area contributed by atoms with Crippen molar-refractivity contribution in [2.75, 3.05) is 5.32 Å². The molecule has 0 radical (unpaired) electrons. The second-order valence-corrected chi connectivity index (χ2v) is 4.49. The SMILES string of the molecule is NC(=O)c1c(F)cccc1NC(=O)C1CCC(=O)C1. The van der Waals surface area contributed by atoms with E-state index in [2.05, 4.69) is 5.32 Å². The molecule has 2 amide bonds. The van der Waals surface area contributed by atoms with E-state index >= 15 is 0 Å². The molecule has 0 aliphatic heterocycles. The molecule has 5 nitrogen and oxygen atoms in total. The molecule has 1 fully saturated rings. The van der Waals surface area contributed by atoms with Gasteiger partial charge in [-0.2, -0.15) is 0 Å². The van der Waals surface area contributed by atoms with Crippen LogP contribution in [0.25, 0.3) is 0 Å². The van der Waals surface area contributed by atoms with Crippen molar-refractivity contribution in [3.05, 3.63) is 29.6 Å². The first kappa shape index (κ1) is 13.2. The first-order valence-electron chi connectivity index (χ1n) is 5.90. The second-order valence-electron chi connectivity index (χ2n) is 4.49. The lowest BCUT2D eigenvalue weighted by atomic mass is 10.1. The fourth-order valence-electron chi connectivity index (χ4n) is 2.15. The Morgan fingerprint density at radius 1 is 1.37 bits per heavy atom. The van der Waals surface area contributed by atoms with Crippen LogP contribution >= 0.6 is 0 Å². The number of nitrogens with two attached hydrogens (primary N) is 1. The van der Waals surface area contributed by atoms with Gasteiger partial charge in [0, 0.05) is 18.8 Å². The van der Waals surface area contributed by atoms with Gasteiger partial charge in [0.25, 0.3) is 5.91 Å². The molecule has 0 spiro atoms. The summed E-state index contributed by atoms with van der Waals surface area (Å²) in [6.45, 7) is 0. The molecule has 0 saturated heterocycles. The van der Waals surface area contributed by atoms with Gasteiger partial charge in [0.05, 0.1) is 11.3 Å². The summed E-state index contributed by atoms with van der Waals surface area (Å²) in [5.41, 5.74) is 4.77. The molecule has 3 N–H and O–H groups in total. The average Bonchev–Trinajstić information content (AvgIpc) is 2.75. The van der Waals surface area contributed by atoms with Gasteiger partial charge in [-0.1, -0.05) is 6.07 Å². The van der Waals surface area contributed by atoms with Crippen LogP contribution in [-0.4, -0.2) is 17.6 Å². The van der Waals surface area contributed by atoms with Crippen LogP contribution in [0, 0.1) is 11.7 Å². The number of primary amides is 1.